The first kappa shape index (κ1) is 33.2. The van der Waals surface area contributed by atoms with Gasteiger partial charge in [-0.1, -0.05) is 17.4 Å². The van der Waals surface area contributed by atoms with Crippen molar-refractivity contribution in [1.82, 2.24) is 25.1 Å². The molecular formula is C36H43N7O4S. The Morgan fingerprint density at radius 1 is 0.938 bits per heavy atom. The highest BCUT2D eigenvalue weighted by Crippen LogP contribution is 2.43. The van der Waals surface area contributed by atoms with Crippen LogP contribution in [0.4, 0.5) is 11.6 Å². The van der Waals surface area contributed by atoms with Gasteiger partial charge in [0.2, 0.25) is 5.88 Å². The summed E-state index contributed by atoms with van der Waals surface area (Å²) in [5.41, 5.74) is 3.69. The first-order valence-corrected chi connectivity index (χ1v) is 16.8. The van der Waals surface area contributed by atoms with Crippen molar-refractivity contribution in [2.75, 3.05) is 58.7 Å². The maximum Gasteiger partial charge on any atom is 0.232 e. The molecule has 0 unspecified atom stereocenters. The molecule has 5 aromatic rings. The monoisotopic (exact) mass is 669 g/mol. The van der Waals surface area contributed by atoms with E-state index < -0.39 is 0 Å². The molecule has 0 atom stereocenters. The molecule has 48 heavy (non-hydrogen) atoms. The Hall–Kier alpha value is -4.68. The Morgan fingerprint density at radius 2 is 1.71 bits per heavy atom. The molecule has 6 rings (SSSR count). The van der Waals surface area contributed by atoms with E-state index in [1.54, 1.807) is 21.3 Å². The fourth-order valence-corrected chi connectivity index (χ4v) is 6.95. The summed E-state index contributed by atoms with van der Waals surface area (Å²) in [5.74, 6) is 4.82. The maximum atomic E-state index is 6.87. The number of nitrogens with one attached hydrogen (secondary N) is 1. The molecule has 0 radical (unpaired) electrons. The summed E-state index contributed by atoms with van der Waals surface area (Å²) in [6, 6.07) is 12.4. The molecule has 0 amide bonds. The van der Waals surface area contributed by atoms with Crippen LogP contribution >= 0.6 is 11.3 Å². The van der Waals surface area contributed by atoms with E-state index in [1.165, 1.54) is 11.3 Å². The first-order valence-electron chi connectivity index (χ1n) is 16.0. The predicted octanol–water partition coefficient (Wildman–Crippen LogP) is 7.03. The van der Waals surface area contributed by atoms with Gasteiger partial charge in [0.05, 0.1) is 26.7 Å². The Kier molecular flexibility index (Phi) is 9.83. The number of hydrogen-bond donors (Lipinski definition) is 1. The van der Waals surface area contributed by atoms with Crippen LogP contribution in [0.5, 0.6) is 28.9 Å². The lowest BCUT2D eigenvalue weighted by molar-refractivity contribution is 0.249. The summed E-state index contributed by atoms with van der Waals surface area (Å²) in [7, 11) is 9.27. The van der Waals surface area contributed by atoms with Gasteiger partial charge in [-0.3, -0.25) is 0 Å². The zero-order chi connectivity index (χ0) is 33.9. The highest BCUT2D eigenvalue weighted by atomic mass is 32.1. The van der Waals surface area contributed by atoms with Crippen molar-refractivity contribution in [3.05, 3.63) is 64.3 Å². The second kappa shape index (κ2) is 14.2. The maximum absolute atomic E-state index is 6.87. The van der Waals surface area contributed by atoms with Gasteiger partial charge in [-0.25, -0.2) is 4.98 Å². The molecule has 1 fully saturated rings. The third-order valence-corrected chi connectivity index (χ3v) is 9.88. The Labute approximate surface area is 285 Å². The van der Waals surface area contributed by atoms with Gasteiger partial charge in [-0.2, -0.15) is 4.98 Å². The molecule has 11 nitrogen and oxygen atoms in total. The molecule has 1 N–H and O–H groups in total. The number of piperidine rings is 1. The molecule has 12 heteroatoms. The predicted molar refractivity (Wildman–Crippen MR) is 192 cm³/mol. The molecule has 1 saturated heterocycles. The summed E-state index contributed by atoms with van der Waals surface area (Å²) in [5, 5.41) is 15.8. The number of methoxy groups -OCH3 is 3. The van der Waals surface area contributed by atoms with Crippen molar-refractivity contribution in [3.63, 3.8) is 0 Å². The van der Waals surface area contributed by atoms with E-state index in [0.29, 0.717) is 35.8 Å². The van der Waals surface area contributed by atoms with Gasteiger partial charge in [0.25, 0.3) is 0 Å². The van der Waals surface area contributed by atoms with E-state index >= 15 is 0 Å². The minimum absolute atomic E-state index is 0.447. The molecular weight excluding hydrogens is 627 g/mol. The largest absolute Gasteiger partial charge is 0.497 e. The van der Waals surface area contributed by atoms with Gasteiger partial charge in [0.1, 0.15) is 44.6 Å². The molecule has 3 aromatic heterocycles. The fraction of sp³-hybridized carbons (Fsp3) is 0.389. The van der Waals surface area contributed by atoms with E-state index in [0.717, 1.165) is 86.3 Å². The summed E-state index contributed by atoms with van der Waals surface area (Å²) in [4.78, 5) is 14.8. The lowest BCUT2D eigenvalue weighted by Crippen LogP contribution is -2.42. The van der Waals surface area contributed by atoms with Gasteiger partial charge in [0.15, 0.2) is 0 Å². The summed E-state index contributed by atoms with van der Waals surface area (Å²) in [6.07, 6.45) is 3.96. The van der Waals surface area contributed by atoms with Crippen LogP contribution in [0.1, 0.15) is 34.5 Å². The van der Waals surface area contributed by atoms with Gasteiger partial charge < -0.3 is 34.1 Å². The highest BCUT2D eigenvalue weighted by molar-refractivity contribution is 7.14. The third-order valence-electron chi connectivity index (χ3n) is 9.01. The highest BCUT2D eigenvalue weighted by Gasteiger charge is 2.26. The minimum Gasteiger partial charge on any atom is -0.497 e. The van der Waals surface area contributed by atoms with Crippen molar-refractivity contribution < 1.29 is 18.9 Å². The van der Waals surface area contributed by atoms with Crippen LogP contribution in [-0.2, 0) is 6.54 Å². The first-order chi connectivity index (χ1) is 23.2. The molecule has 1 aliphatic heterocycles. The van der Waals surface area contributed by atoms with Crippen LogP contribution in [0.15, 0.2) is 42.6 Å². The number of rotatable bonds is 11. The van der Waals surface area contributed by atoms with Crippen LogP contribution in [0, 0.1) is 20.8 Å². The second-order valence-electron chi connectivity index (χ2n) is 12.2. The zero-order valence-electron chi connectivity index (χ0n) is 28.9. The van der Waals surface area contributed by atoms with Crippen LogP contribution in [0.3, 0.4) is 0 Å². The van der Waals surface area contributed by atoms with Crippen molar-refractivity contribution >= 4 is 33.7 Å². The molecule has 1 aliphatic rings. The molecule has 0 bridgehead atoms. The van der Waals surface area contributed by atoms with Crippen LogP contribution in [-0.4, -0.2) is 79.6 Å². The number of ether oxygens (including phenoxy) is 4. The van der Waals surface area contributed by atoms with Crippen molar-refractivity contribution in [1.29, 1.82) is 0 Å². The summed E-state index contributed by atoms with van der Waals surface area (Å²) in [6.45, 7) is 8.21. The number of aromatic nitrogens is 4. The SMILES string of the molecule is COc1ccc(CNc2ncc(-c3nnc(C)s3)c3cc(N4CCC(N(C)C)CC4)nc(Oc4c(C)ccc(OC)c4C)c23)c(OC)c1. The van der Waals surface area contributed by atoms with Crippen molar-refractivity contribution in [2.24, 2.45) is 0 Å². The summed E-state index contributed by atoms with van der Waals surface area (Å²) < 4.78 is 23.6. The van der Waals surface area contributed by atoms with E-state index in [1.807, 2.05) is 57.3 Å². The van der Waals surface area contributed by atoms with Crippen LogP contribution < -0.4 is 29.2 Å². The Bertz CT molecular complexity index is 1920. The lowest BCUT2D eigenvalue weighted by atomic mass is 10.0. The van der Waals surface area contributed by atoms with Gasteiger partial charge >= 0.3 is 0 Å². The molecule has 0 saturated carbocycles. The lowest BCUT2D eigenvalue weighted by Gasteiger charge is -2.36. The van der Waals surface area contributed by atoms with Gasteiger partial charge in [-0.05, 0) is 77.5 Å². The molecule has 0 aliphatic carbocycles. The van der Waals surface area contributed by atoms with E-state index in [2.05, 4.69) is 45.5 Å². The Balaban J connectivity index is 1.53. The molecule has 0 spiro atoms. The number of hydrogen-bond acceptors (Lipinski definition) is 12. The normalized spacial score (nSPS) is 13.6. The quantitative estimate of drug-likeness (QED) is 0.157. The molecule has 2 aromatic carbocycles. The van der Waals surface area contributed by atoms with Gasteiger partial charge in [0, 0.05) is 60.0 Å². The van der Waals surface area contributed by atoms with E-state index in [-0.39, 0.29) is 0 Å². The average Bonchev–Trinajstić information content (AvgIpc) is 3.54. The number of fused-ring (bicyclic) bond motifs is 1. The number of nitrogens with zero attached hydrogens (tertiary/aromatic N) is 6. The van der Waals surface area contributed by atoms with E-state index in [9.17, 15) is 0 Å². The third kappa shape index (κ3) is 6.67. The number of benzene rings is 2. The smallest absolute Gasteiger partial charge is 0.232 e. The van der Waals surface area contributed by atoms with Gasteiger partial charge in [-0.15, -0.1) is 10.2 Å². The molecule has 252 valence electrons. The number of aryl methyl sites for hydroxylation is 2. The topological polar surface area (TPSA) is 107 Å². The van der Waals surface area contributed by atoms with Crippen molar-refractivity contribution in [3.8, 4) is 39.4 Å². The zero-order valence-corrected chi connectivity index (χ0v) is 29.7. The fourth-order valence-electron chi connectivity index (χ4n) is 6.23. The Morgan fingerprint density at radius 3 is 2.38 bits per heavy atom. The minimum atomic E-state index is 0.447. The van der Waals surface area contributed by atoms with Crippen LogP contribution in [0.2, 0.25) is 0 Å². The number of pyridine rings is 2. The average molecular weight is 670 g/mol. The standard InChI is InChI=1S/C36H43N7O4S/c1-21-9-12-29(45-7)22(2)33(21)47-35-32-27(18-31(39-35)43-15-13-25(14-16-43)42(4)5)28(36-41-40-23(3)48-36)20-38-34(32)37-19-24-10-11-26(44-6)17-30(24)46-8/h9-12,17-18,20,25H,13-16,19H2,1-8H3,(H,37,38). The van der Waals surface area contributed by atoms with Crippen molar-refractivity contribution in [2.45, 2.75) is 46.2 Å². The summed E-state index contributed by atoms with van der Waals surface area (Å²) >= 11 is 1.54. The second-order valence-corrected chi connectivity index (χ2v) is 13.4. The van der Waals surface area contributed by atoms with E-state index in [4.69, 9.17) is 28.9 Å². The number of anilines is 2. The molecule has 4 heterocycles. The van der Waals surface area contributed by atoms with Crippen LogP contribution in [0.25, 0.3) is 21.3 Å².